The summed E-state index contributed by atoms with van der Waals surface area (Å²) in [6.45, 7) is 0. The molecule has 0 N–H and O–H groups in total. The van der Waals surface area contributed by atoms with E-state index >= 15 is 0 Å². The normalized spacial score (nSPS) is 15.7. The van der Waals surface area contributed by atoms with E-state index in [-0.39, 0.29) is 22.7 Å². The summed E-state index contributed by atoms with van der Waals surface area (Å²) < 4.78 is 5.85. The van der Waals surface area contributed by atoms with Gasteiger partial charge in [-0.15, -0.1) is 0 Å². The van der Waals surface area contributed by atoms with Crippen molar-refractivity contribution in [2.24, 2.45) is 0 Å². The molecule has 0 radical (unpaired) electrons. The van der Waals surface area contributed by atoms with E-state index in [4.69, 9.17) is 27.6 Å². The summed E-state index contributed by atoms with van der Waals surface area (Å²) in [6.07, 6.45) is 3.05. The lowest BCUT2D eigenvalue weighted by atomic mass is 9.98. The molecule has 1 aliphatic heterocycles. The summed E-state index contributed by atoms with van der Waals surface area (Å²) in [4.78, 5) is 36.4. The van der Waals surface area contributed by atoms with Crippen LogP contribution in [0.5, 0.6) is 0 Å². The average Bonchev–Trinajstić information content (AvgIpc) is 3.04. The first kappa shape index (κ1) is 17.8. The second kappa shape index (κ2) is 6.69. The Bertz CT molecular complexity index is 1340. The lowest BCUT2D eigenvalue weighted by Gasteiger charge is -2.23. The van der Waals surface area contributed by atoms with Gasteiger partial charge in [-0.05, 0) is 35.9 Å². The molecule has 0 aliphatic carbocycles. The van der Waals surface area contributed by atoms with Crippen LogP contribution in [0.4, 0.5) is 5.95 Å². The molecule has 0 fully saturated rings. The smallest absolute Gasteiger partial charge is 0.297 e. The molecule has 2 aromatic heterocycles. The number of anilines is 1. The van der Waals surface area contributed by atoms with Gasteiger partial charge in [-0.25, -0.2) is 9.97 Å². The summed E-state index contributed by atoms with van der Waals surface area (Å²) >= 11 is 12.3. The van der Waals surface area contributed by atoms with Gasteiger partial charge in [0.15, 0.2) is 5.43 Å². The van der Waals surface area contributed by atoms with Gasteiger partial charge in [-0.3, -0.25) is 14.5 Å². The topological polar surface area (TPSA) is 76.3 Å². The summed E-state index contributed by atoms with van der Waals surface area (Å²) in [7, 11) is 0. The zero-order valence-electron chi connectivity index (χ0n) is 14.7. The van der Waals surface area contributed by atoms with Crippen molar-refractivity contribution < 1.29 is 9.21 Å². The molecule has 1 amide bonds. The SMILES string of the molecule is O=C1c2oc3ccccc3c(=O)c2[C@H](c2ccc(Cl)c(Cl)c2)N1c1ncccn1. The molecule has 3 heterocycles. The highest BCUT2D eigenvalue weighted by molar-refractivity contribution is 6.42. The third-order valence-electron chi connectivity index (χ3n) is 4.80. The van der Waals surface area contributed by atoms with Crippen LogP contribution in [0, 0.1) is 0 Å². The molecular formula is C21H11Cl2N3O3. The van der Waals surface area contributed by atoms with Crippen molar-refractivity contribution in [3.8, 4) is 0 Å². The molecule has 0 saturated heterocycles. The van der Waals surface area contributed by atoms with Crippen LogP contribution in [0.25, 0.3) is 11.0 Å². The van der Waals surface area contributed by atoms with Crippen LogP contribution in [0.2, 0.25) is 10.0 Å². The highest BCUT2D eigenvalue weighted by Crippen LogP contribution is 2.41. The third kappa shape index (κ3) is 2.72. The maximum Gasteiger partial charge on any atom is 0.297 e. The first-order valence-electron chi connectivity index (χ1n) is 8.67. The second-order valence-corrected chi connectivity index (χ2v) is 7.28. The molecule has 0 bridgehead atoms. The van der Waals surface area contributed by atoms with Crippen molar-refractivity contribution in [3.63, 3.8) is 0 Å². The molecule has 6 nitrogen and oxygen atoms in total. The predicted octanol–water partition coefficient (Wildman–Crippen LogP) is 4.64. The highest BCUT2D eigenvalue weighted by atomic mass is 35.5. The van der Waals surface area contributed by atoms with Gasteiger partial charge >= 0.3 is 0 Å². The number of carbonyl (C=O) groups excluding carboxylic acids is 1. The molecule has 1 aliphatic rings. The van der Waals surface area contributed by atoms with E-state index in [2.05, 4.69) is 9.97 Å². The van der Waals surface area contributed by atoms with Crippen LogP contribution in [-0.2, 0) is 0 Å². The average molecular weight is 424 g/mol. The molecule has 8 heteroatoms. The first-order valence-corrected chi connectivity index (χ1v) is 9.43. The predicted molar refractivity (Wildman–Crippen MR) is 110 cm³/mol. The fourth-order valence-corrected chi connectivity index (χ4v) is 3.85. The van der Waals surface area contributed by atoms with Crippen molar-refractivity contribution in [1.82, 2.24) is 9.97 Å². The van der Waals surface area contributed by atoms with Crippen molar-refractivity contribution in [3.05, 3.63) is 98.1 Å². The quantitative estimate of drug-likeness (QED) is 0.469. The summed E-state index contributed by atoms with van der Waals surface area (Å²) in [6, 6.07) is 12.6. The largest absolute Gasteiger partial charge is 0.450 e. The number of aromatic nitrogens is 2. The fourth-order valence-electron chi connectivity index (χ4n) is 3.54. The Morgan fingerprint density at radius 1 is 0.931 bits per heavy atom. The molecule has 5 rings (SSSR count). The minimum Gasteiger partial charge on any atom is -0.450 e. The molecule has 0 unspecified atom stereocenters. The Balaban J connectivity index is 1.84. The van der Waals surface area contributed by atoms with Gasteiger partial charge < -0.3 is 4.42 Å². The number of amides is 1. The maximum atomic E-state index is 13.3. The zero-order chi connectivity index (χ0) is 20.1. The van der Waals surface area contributed by atoms with Crippen LogP contribution in [-0.4, -0.2) is 15.9 Å². The van der Waals surface area contributed by atoms with E-state index in [1.54, 1.807) is 48.5 Å². The Labute approximate surface area is 174 Å². The highest BCUT2D eigenvalue weighted by Gasteiger charge is 2.45. The number of halogens is 2. The summed E-state index contributed by atoms with van der Waals surface area (Å²) in [5.74, 6) is -0.370. The molecular weight excluding hydrogens is 413 g/mol. The van der Waals surface area contributed by atoms with E-state index in [1.807, 2.05) is 0 Å². The van der Waals surface area contributed by atoms with Gasteiger partial charge in [-0.2, -0.15) is 0 Å². The molecule has 4 aromatic rings. The number of fused-ring (bicyclic) bond motifs is 2. The Morgan fingerprint density at radius 2 is 1.69 bits per heavy atom. The maximum absolute atomic E-state index is 13.3. The number of rotatable bonds is 2. The van der Waals surface area contributed by atoms with E-state index < -0.39 is 11.9 Å². The van der Waals surface area contributed by atoms with Gasteiger partial charge in [0, 0.05) is 12.4 Å². The van der Waals surface area contributed by atoms with Crippen LogP contribution in [0.1, 0.15) is 27.7 Å². The van der Waals surface area contributed by atoms with Crippen LogP contribution >= 0.6 is 23.2 Å². The summed E-state index contributed by atoms with van der Waals surface area (Å²) in [5.41, 5.74) is 0.874. The van der Waals surface area contributed by atoms with Crippen molar-refractivity contribution in [1.29, 1.82) is 0 Å². The van der Waals surface area contributed by atoms with E-state index in [0.717, 1.165) is 0 Å². The van der Waals surface area contributed by atoms with Gasteiger partial charge in [0.05, 0.1) is 27.0 Å². The Morgan fingerprint density at radius 3 is 2.45 bits per heavy atom. The fraction of sp³-hybridized carbons (Fsp3) is 0.0476. The van der Waals surface area contributed by atoms with E-state index in [9.17, 15) is 9.59 Å². The van der Waals surface area contributed by atoms with Gasteiger partial charge in [-0.1, -0.05) is 41.4 Å². The van der Waals surface area contributed by atoms with E-state index in [1.165, 1.54) is 17.3 Å². The number of nitrogens with zero attached hydrogens (tertiary/aromatic N) is 3. The van der Waals surface area contributed by atoms with Crippen molar-refractivity contribution in [2.75, 3.05) is 4.90 Å². The number of carbonyl (C=O) groups is 1. The van der Waals surface area contributed by atoms with Crippen molar-refractivity contribution in [2.45, 2.75) is 6.04 Å². The monoisotopic (exact) mass is 423 g/mol. The number of benzene rings is 2. The molecule has 0 spiro atoms. The number of para-hydroxylation sites is 1. The minimum atomic E-state index is -0.796. The lowest BCUT2D eigenvalue weighted by molar-refractivity contribution is 0.0969. The minimum absolute atomic E-state index is 0.0303. The van der Waals surface area contributed by atoms with Crippen molar-refractivity contribution >= 4 is 46.0 Å². The standard InChI is InChI=1S/C21H11Cl2N3O3/c22-13-7-6-11(10-14(13)23)17-16-18(27)12-4-1-2-5-15(12)29-19(16)20(28)26(17)21-24-8-3-9-25-21/h1-10,17H/t17-/m0/s1. The molecule has 29 heavy (non-hydrogen) atoms. The van der Waals surface area contributed by atoms with Crippen LogP contribution < -0.4 is 10.3 Å². The van der Waals surface area contributed by atoms with Gasteiger partial charge in [0.2, 0.25) is 11.7 Å². The molecule has 1 atom stereocenters. The lowest BCUT2D eigenvalue weighted by Crippen LogP contribution is -2.31. The van der Waals surface area contributed by atoms with E-state index in [0.29, 0.717) is 26.6 Å². The second-order valence-electron chi connectivity index (χ2n) is 6.47. The van der Waals surface area contributed by atoms with Crippen LogP contribution in [0.3, 0.4) is 0 Å². The summed E-state index contributed by atoms with van der Waals surface area (Å²) in [5, 5.41) is 1.07. The molecule has 2 aromatic carbocycles. The molecule has 0 saturated carbocycles. The van der Waals surface area contributed by atoms with Gasteiger partial charge in [0.25, 0.3) is 5.91 Å². The number of hydrogen-bond acceptors (Lipinski definition) is 5. The zero-order valence-corrected chi connectivity index (χ0v) is 16.2. The van der Waals surface area contributed by atoms with Crippen LogP contribution in [0.15, 0.2) is 70.1 Å². The first-order chi connectivity index (χ1) is 14.1. The molecule has 142 valence electrons. The van der Waals surface area contributed by atoms with Gasteiger partial charge in [0.1, 0.15) is 5.58 Å². The third-order valence-corrected chi connectivity index (χ3v) is 5.54. The number of hydrogen-bond donors (Lipinski definition) is 0. The Hall–Kier alpha value is -3.22. The Kier molecular flexibility index (Phi) is 4.12.